The summed E-state index contributed by atoms with van der Waals surface area (Å²) < 4.78 is 0. The summed E-state index contributed by atoms with van der Waals surface area (Å²) in [6.45, 7) is 5.37. The highest BCUT2D eigenvalue weighted by Crippen LogP contribution is 1.94. The summed E-state index contributed by atoms with van der Waals surface area (Å²) in [5, 5.41) is 11.4. The van der Waals surface area contributed by atoms with Crippen LogP contribution in [0.5, 0.6) is 0 Å². The van der Waals surface area contributed by atoms with Gasteiger partial charge in [0.1, 0.15) is 6.04 Å². The van der Waals surface area contributed by atoms with Crippen LogP contribution in [0.3, 0.4) is 0 Å². The predicted octanol–water partition coefficient (Wildman–Crippen LogP) is -0.0841. The molecule has 1 unspecified atom stereocenters. The normalized spacial score (nSPS) is 13.0. The van der Waals surface area contributed by atoms with Gasteiger partial charge < -0.3 is 10.4 Å². The average molecular weight is 202 g/mol. The Labute approximate surface area is 84.1 Å². The van der Waals surface area contributed by atoms with Crippen LogP contribution in [0.4, 0.5) is 0 Å². The van der Waals surface area contributed by atoms with Gasteiger partial charge in [-0.1, -0.05) is 0 Å². The molecule has 2 N–H and O–H groups in total. The number of carbonyl (C=O) groups is 2. The topological polar surface area (TPSA) is 69.6 Å². The molecular weight excluding hydrogens is 184 g/mol. The molecule has 0 aromatic rings. The third-order valence-electron chi connectivity index (χ3n) is 1.86. The molecular formula is C9H18N2O3. The molecule has 1 atom stereocenters. The van der Waals surface area contributed by atoms with Crippen LogP contribution in [0.2, 0.25) is 0 Å². The van der Waals surface area contributed by atoms with Crippen LogP contribution in [0, 0.1) is 0 Å². The minimum atomic E-state index is -0.926. The Bertz CT molecular complexity index is 216. The highest BCUT2D eigenvalue weighted by molar-refractivity contribution is 5.79. The van der Waals surface area contributed by atoms with Crippen LogP contribution in [-0.4, -0.2) is 47.6 Å². The predicted molar refractivity (Wildman–Crippen MR) is 53.0 cm³/mol. The zero-order valence-electron chi connectivity index (χ0n) is 9.07. The number of rotatable bonds is 5. The van der Waals surface area contributed by atoms with Crippen LogP contribution in [0.25, 0.3) is 0 Å². The number of amides is 1. The average Bonchev–Trinajstić information content (AvgIpc) is 2.00. The Morgan fingerprint density at radius 3 is 2.21 bits per heavy atom. The molecule has 0 bridgehead atoms. The number of aliphatic carboxylic acids is 1. The maximum atomic E-state index is 11.2. The maximum absolute atomic E-state index is 11.2. The maximum Gasteiger partial charge on any atom is 0.320 e. The van der Waals surface area contributed by atoms with E-state index in [2.05, 4.69) is 5.32 Å². The van der Waals surface area contributed by atoms with Crippen molar-refractivity contribution in [2.24, 2.45) is 0 Å². The fourth-order valence-electron chi connectivity index (χ4n) is 0.920. The Morgan fingerprint density at radius 2 is 1.86 bits per heavy atom. The standard InChI is InChI=1S/C9H18N2O3/c1-6(2)10-8(12)5-11(4)7(3)9(13)14/h6-7H,5H2,1-4H3,(H,10,12)(H,13,14). The first-order valence-corrected chi connectivity index (χ1v) is 4.57. The molecule has 0 aromatic carbocycles. The third-order valence-corrected chi connectivity index (χ3v) is 1.86. The quantitative estimate of drug-likeness (QED) is 0.654. The van der Waals surface area contributed by atoms with E-state index in [9.17, 15) is 9.59 Å². The van der Waals surface area contributed by atoms with Gasteiger partial charge in [-0.05, 0) is 27.8 Å². The van der Waals surface area contributed by atoms with E-state index < -0.39 is 12.0 Å². The van der Waals surface area contributed by atoms with Crippen molar-refractivity contribution in [3.8, 4) is 0 Å². The van der Waals surface area contributed by atoms with Gasteiger partial charge in [-0.3, -0.25) is 14.5 Å². The van der Waals surface area contributed by atoms with Gasteiger partial charge in [0.05, 0.1) is 6.54 Å². The molecule has 0 saturated carbocycles. The lowest BCUT2D eigenvalue weighted by Gasteiger charge is -2.20. The molecule has 0 fully saturated rings. The van der Waals surface area contributed by atoms with Crippen molar-refractivity contribution in [1.82, 2.24) is 10.2 Å². The molecule has 82 valence electrons. The lowest BCUT2D eigenvalue weighted by atomic mass is 10.3. The number of carboxylic acid groups (broad SMARTS) is 1. The summed E-state index contributed by atoms with van der Waals surface area (Å²) in [6.07, 6.45) is 0. The van der Waals surface area contributed by atoms with E-state index in [1.807, 2.05) is 13.8 Å². The largest absolute Gasteiger partial charge is 0.480 e. The smallest absolute Gasteiger partial charge is 0.320 e. The second-order valence-corrected chi connectivity index (χ2v) is 3.65. The first-order valence-electron chi connectivity index (χ1n) is 4.57. The third kappa shape index (κ3) is 4.81. The van der Waals surface area contributed by atoms with E-state index in [1.165, 1.54) is 4.90 Å². The van der Waals surface area contributed by atoms with Crippen molar-refractivity contribution < 1.29 is 14.7 Å². The number of nitrogens with zero attached hydrogens (tertiary/aromatic N) is 1. The van der Waals surface area contributed by atoms with Crippen LogP contribution < -0.4 is 5.32 Å². The van der Waals surface area contributed by atoms with E-state index in [4.69, 9.17) is 5.11 Å². The molecule has 1 amide bonds. The number of carboxylic acids is 1. The van der Waals surface area contributed by atoms with E-state index >= 15 is 0 Å². The fourth-order valence-corrected chi connectivity index (χ4v) is 0.920. The lowest BCUT2D eigenvalue weighted by Crippen LogP contribution is -2.44. The monoisotopic (exact) mass is 202 g/mol. The highest BCUT2D eigenvalue weighted by Gasteiger charge is 2.18. The number of carbonyl (C=O) groups excluding carboxylic acids is 1. The SMILES string of the molecule is CC(C)NC(=O)CN(C)C(C)C(=O)O. The summed E-state index contributed by atoms with van der Waals surface area (Å²) in [7, 11) is 1.61. The summed E-state index contributed by atoms with van der Waals surface area (Å²) in [5.41, 5.74) is 0. The van der Waals surface area contributed by atoms with Crippen LogP contribution in [-0.2, 0) is 9.59 Å². The van der Waals surface area contributed by atoms with Crippen molar-refractivity contribution in [3.63, 3.8) is 0 Å². The Hall–Kier alpha value is -1.10. The molecule has 5 nitrogen and oxygen atoms in total. The molecule has 0 saturated heterocycles. The van der Waals surface area contributed by atoms with Gasteiger partial charge in [0.2, 0.25) is 5.91 Å². The van der Waals surface area contributed by atoms with E-state index in [-0.39, 0.29) is 18.5 Å². The zero-order chi connectivity index (χ0) is 11.3. The van der Waals surface area contributed by atoms with Gasteiger partial charge >= 0.3 is 5.97 Å². The summed E-state index contributed by atoms with van der Waals surface area (Å²) in [6, 6.07) is -0.566. The minimum Gasteiger partial charge on any atom is -0.480 e. The molecule has 0 radical (unpaired) electrons. The first-order chi connectivity index (χ1) is 6.34. The Kier molecular flexibility index (Phi) is 5.15. The van der Waals surface area contributed by atoms with Crippen molar-refractivity contribution in [1.29, 1.82) is 0 Å². The molecule has 0 aliphatic carbocycles. The van der Waals surface area contributed by atoms with Crippen LogP contribution >= 0.6 is 0 Å². The molecule has 0 aliphatic heterocycles. The zero-order valence-corrected chi connectivity index (χ0v) is 9.07. The van der Waals surface area contributed by atoms with Crippen molar-refractivity contribution in [2.45, 2.75) is 32.9 Å². The minimum absolute atomic E-state index is 0.0797. The number of hydrogen-bond acceptors (Lipinski definition) is 3. The lowest BCUT2D eigenvalue weighted by molar-refractivity contribution is -0.142. The van der Waals surface area contributed by atoms with Crippen LogP contribution in [0.1, 0.15) is 20.8 Å². The second kappa shape index (κ2) is 5.59. The first kappa shape index (κ1) is 12.9. The number of likely N-dealkylation sites (N-methyl/N-ethyl adjacent to an activating group) is 1. The van der Waals surface area contributed by atoms with Crippen molar-refractivity contribution in [3.05, 3.63) is 0 Å². The van der Waals surface area contributed by atoms with Gasteiger partial charge in [-0.25, -0.2) is 0 Å². The Morgan fingerprint density at radius 1 is 1.36 bits per heavy atom. The Balaban J connectivity index is 3.99. The molecule has 0 rings (SSSR count). The molecule has 0 heterocycles. The van der Waals surface area contributed by atoms with Crippen molar-refractivity contribution >= 4 is 11.9 Å². The molecule has 0 aromatic heterocycles. The number of nitrogens with one attached hydrogen (secondary N) is 1. The van der Waals surface area contributed by atoms with Gasteiger partial charge in [0.15, 0.2) is 0 Å². The second-order valence-electron chi connectivity index (χ2n) is 3.65. The summed E-state index contributed by atoms with van der Waals surface area (Å²) in [5.74, 6) is -1.08. The molecule has 0 aliphatic rings. The summed E-state index contributed by atoms with van der Waals surface area (Å²) in [4.78, 5) is 23.3. The van der Waals surface area contributed by atoms with Gasteiger partial charge in [0, 0.05) is 6.04 Å². The van der Waals surface area contributed by atoms with Gasteiger partial charge in [-0.15, -0.1) is 0 Å². The van der Waals surface area contributed by atoms with Gasteiger partial charge in [0.25, 0.3) is 0 Å². The molecule has 0 spiro atoms. The fraction of sp³-hybridized carbons (Fsp3) is 0.778. The summed E-state index contributed by atoms with van der Waals surface area (Å²) >= 11 is 0. The molecule has 14 heavy (non-hydrogen) atoms. The van der Waals surface area contributed by atoms with Crippen LogP contribution in [0.15, 0.2) is 0 Å². The van der Waals surface area contributed by atoms with E-state index in [0.29, 0.717) is 0 Å². The van der Waals surface area contributed by atoms with E-state index in [1.54, 1.807) is 14.0 Å². The van der Waals surface area contributed by atoms with Gasteiger partial charge in [-0.2, -0.15) is 0 Å². The van der Waals surface area contributed by atoms with E-state index in [0.717, 1.165) is 0 Å². The molecule has 5 heteroatoms. The number of hydrogen-bond donors (Lipinski definition) is 2. The van der Waals surface area contributed by atoms with Crippen molar-refractivity contribution in [2.75, 3.05) is 13.6 Å². The highest BCUT2D eigenvalue weighted by atomic mass is 16.4.